The number of nitrogens with zero attached hydrogens (tertiary/aromatic N) is 1. The van der Waals surface area contributed by atoms with Crippen molar-refractivity contribution in [2.75, 3.05) is 31.6 Å². The first-order chi connectivity index (χ1) is 14.4. The van der Waals surface area contributed by atoms with Gasteiger partial charge in [-0.3, -0.25) is 0 Å². The number of likely N-dealkylation sites (N-methyl/N-ethyl adjacent to an activating group) is 1. The van der Waals surface area contributed by atoms with Crippen LogP contribution >= 0.6 is 23.2 Å². The molecule has 1 aliphatic heterocycles. The number of halogens is 2. The van der Waals surface area contributed by atoms with Gasteiger partial charge in [0.2, 0.25) is 0 Å². The Bertz CT molecular complexity index is 774. The van der Waals surface area contributed by atoms with Crippen LogP contribution in [0.1, 0.15) is 38.5 Å². The summed E-state index contributed by atoms with van der Waals surface area (Å²) in [5, 5.41) is 1.20. The molecule has 5 nitrogen and oxygen atoms in total. The van der Waals surface area contributed by atoms with Crippen LogP contribution in [0.3, 0.4) is 0 Å². The molecule has 2 aliphatic rings. The maximum Gasteiger partial charge on any atom is 0.138 e. The van der Waals surface area contributed by atoms with Gasteiger partial charge in [0, 0.05) is 24.5 Å². The zero-order valence-corrected chi connectivity index (χ0v) is 19.0. The van der Waals surface area contributed by atoms with Gasteiger partial charge in [0.1, 0.15) is 17.6 Å². The number of hydrogen-bond donors (Lipinski definition) is 2. The van der Waals surface area contributed by atoms with Crippen molar-refractivity contribution < 1.29 is 9.47 Å². The molecule has 7 heteroatoms. The number of rotatable bonds is 4. The highest BCUT2D eigenvalue weighted by atomic mass is 35.5. The summed E-state index contributed by atoms with van der Waals surface area (Å²) in [5.41, 5.74) is 12.6. The number of benzene rings is 2. The Morgan fingerprint density at radius 3 is 1.80 bits per heavy atom. The molecule has 0 radical (unpaired) electrons. The van der Waals surface area contributed by atoms with E-state index in [1.807, 2.05) is 18.2 Å². The summed E-state index contributed by atoms with van der Waals surface area (Å²) < 4.78 is 11.7. The van der Waals surface area contributed by atoms with Crippen LogP contribution in [0.15, 0.2) is 36.4 Å². The van der Waals surface area contributed by atoms with Crippen molar-refractivity contribution in [3.63, 3.8) is 0 Å². The zero-order valence-electron chi connectivity index (χ0n) is 17.4. The van der Waals surface area contributed by atoms with Crippen molar-refractivity contribution in [2.45, 2.75) is 50.7 Å². The van der Waals surface area contributed by atoms with Crippen LogP contribution in [0.4, 0.5) is 11.4 Å². The summed E-state index contributed by atoms with van der Waals surface area (Å²) in [5.74, 6) is 1.49. The van der Waals surface area contributed by atoms with Gasteiger partial charge in [0.15, 0.2) is 0 Å². The minimum Gasteiger partial charge on any atom is -0.489 e. The largest absolute Gasteiger partial charge is 0.489 e. The monoisotopic (exact) mass is 451 g/mol. The number of likely N-dealkylation sites (tertiary alicyclic amines) is 1. The molecular formula is C23H31Cl2N3O2. The average Bonchev–Trinajstić information content (AvgIpc) is 3.12. The molecule has 1 saturated heterocycles. The van der Waals surface area contributed by atoms with Gasteiger partial charge < -0.3 is 25.8 Å². The van der Waals surface area contributed by atoms with E-state index < -0.39 is 0 Å². The number of anilines is 2. The van der Waals surface area contributed by atoms with E-state index in [0.717, 1.165) is 43.9 Å². The van der Waals surface area contributed by atoms with Crippen LogP contribution in [0, 0.1) is 0 Å². The van der Waals surface area contributed by atoms with Crippen LogP contribution in [0.5, 0.6) is 11.5 Å². The number of nitrogen functional groups attached to an aromatic ring is 2. The molecule has 4 rings (SSSR count). The summed E-state index contributed by atoms with van der Waals surface area (Å²) >= 11 is 12.1. The second kappa shape index (κ2) is 11.0. The molecule has 0 spiro atoms. The molecule has 2 aromatic carbocycles. The third-order valence-corrected chi connectivity index (χ3v) is 5.99. The van der Waals surface area contributed by atoms with E-state index in [-0.39, 0.29) is 6.10 Å². The second-order valence-corrected chi connectivity index (χ2v) is 8.86. The van der Waals surface area contributed by atoms with Crippen molar-refractivity contribution in [2.24, 2.45) is 0 Å². The quantitative estimate of drug-likeness (QED) is 0.588. The maximum absolute atomic E-state index is 6.04. The molecule has 1 heterocycles. The predicted octanol–water partition coefficient (Wildman–Crippen LogP) is 5.64. The summed E-state index contributed by atoms with van der Waals surface area (Å²) in [6, 6.07) is 10.8. The first-order valence-electron chi connectivity index (χ1n) is 10.5. The van der Waals surface area contributed by atoms with Gasteiger partial charge >= 0.3 is 0 Å². The molecule has 0 amide bonds. The minimum atomic E-state index is 0.246. The third-order valence-electron chi connectivity index (χ3n) is 5.40. The smallest absolute Gasteiger partial charge is 0.138 e. The van der Waals surface area contributed by atoms with Crippen molar-refractivity contribution in [3.8, 4) is 11.5 Å². The molecule has 1 unspecified atom stereocenters. The molecular weight excluding hydrogens is 421 g/mol. The highest BCUT2D eigenvalue weighted by Crippen LogP contribution is 2.31. The average molecular weight is 452 g/mol. The normalized spacial score (nSPS) is 19.8. The molecule has 0 aromatic heterocycles. The Kier molecular flexibility index (Phi) is 8.37. The topological polar surface area (TPSA) is 73.7 Å². The van der Waals surface area contributed by atoms with Gasteiger partial charge in [-0.05, 0) is 75.5 Å². The van der Waals surface area contributed by atoms with Crippen LogP contribution in [0.2, 0.25) is 10.0 Å². The van der Waals surface area contributed by atoms with Crippen LogP contribution in [-0.2, 0) is 0 Å². The minimum absolute atomic E-state index is 0.246. The van der Waals surface area contributed by atoms with Gasteiger partial charge in [-0.1, -0.05) is 29.6 Å². The highest BCUT2D eigenvalue weighted by Gasteiger charge is 2.21. The number of nitrogens with two attached hydrogens (primary N) is 2. The van der Waals surface area contributed by atoms with Crippen molar-refractivity contribution >= 4 is 34.6 Å². The number of hydrogen-bond acceptors (Lipinski definition) is 5. The van der Waals surface area contributed by atoms with Crippen LogP contribution < -0.4 is 20.9 Å². The molecule has 1 aliphatic carbocycles. The van der Waals surface area contributed by atoms with Crippen LogP contribution in [0.25, 0.3) is 0 Å². The van der Waals surface area contributed by atoms with E-state index in [0.29, 0.717) is 27.5 Å². The standard InChI is InChI=1S/C12H16ClNO.C11H15ClN2O/c13-11-8-9(14)6-7-12(11)15-10-4-2-1-3-5-10;1-14-5-4-9(7-14)15-11-3-2-8(13)6-10(11)12/h6-8,10H,1-5,14H2;2-3,6,9H,4-5,7,13H2,1H3. The Morgan fingerprint density at radius 2 is 1.33 bits per heavy atom. The van der Waals surface area contributed by atoms with E-state index in [4.69, 9.17) is 44.1 Å². The van der Waals surface area contributed by atoms with Crippen molar-refractivity contribution in [3.05, 3.63) is 46.4 Å². The van der Waals surface area contributed by atoms with Crippen molar-refractivity contribution in [1.29, 1.82) is 0 Å². The lowest BCUT2D eigenvalue weighted by molar-refractivity contribution is 0.155. The molecule has 2 aromatic rings. The van der Waals surface area contributed by atoms with E-state index >= 15 is 0 Å². The molecule has 1 atom stereocenters. The van der Waals surface area contributed by atoms with E-state index in [2.05, 4.69) is 11.9 Å². The summed E-state index contributed by atoms with van der Waals surface area (Å²) in [6.45, 7) is 2.04. The lowest BCUT2D eigenvalue weighted by Crippen LogP contribution is -2.21. The Balaban J connectivity index is 0.000000171. The summed E-state index contributed by atoms with van der Waals surface area (Å²) in [4.78, 5) is 2.25. The number of ether oxygens (including phenoxy) is 2. The van der Waals surface area contributed by atoms with Crippen LogP contribution in [-0.4, -0.2) is 37.2 Å². The SMILES string of the molecule is CN1CCC(Oc2ccc(N)cc2Cl)C1.Nc1ccc(OC2CCCCC2)c(Cl)c1. The fraction of sp³-hybridized carbons (Fsp3) is 0.478. The molecule has 164 valence electrons. The summed E-state index contributed by atoms with van der Waals surface area (Å²) in [7, 11) is 2.09. The summed E-state index contributed by atoms with van der Waals surface area (Å²) in [6.07, 6.45) is 7.76. The first-order valence-corrected chi connectivity index (χ1v) is 11.3. The first kappa shape index (κ1) is 22.9. The zero-order chi connectivity index (χ0) is 21.5. The molecule has 1 saturated carbocycles. The van der Waals surface area contributed by atoms with Gasteiger partial charge in [-0.15, -0.1) is 0 Å². The molecule has 2 fully saturated rings. The van der Waals surface area contributed by atoms with Gasteiger partial charge in [0.25, 0.3) is 0 Å². The molecule has 4 N–H and O–H groups in total. The van der Waals surface area contributed by atoms with Gasteiger partial charge in [0.05, 0.1) is 16.1 Å². The molecule has 30 heavy (non-hydrogen) atoms. The van der Waals surface area contributed by atoms with Crippen molar-refractivity contribution in [1.82, 2.24) is 4.90 Å². The maximum atomic E-state index is 6.04. The predicted molar refractivity (Wildman–Crippen MR) is 126 cm³/mol. The fourth-order valence-electron chi connectivity index (χ4n) is 3.76. The fourth-order valence-corrected chi connectivity index (χ4v) is 4.23. The molecule has 0 bridgehead atoms. The lowest BCUT2D eigenvalue weighted by atomic mass is 9.98. The Hall–Kier alpha value is -1.82. The third kappa shape index (κ3) is 6.86. The lowest BCUT2D eigenvalue weighted by Gasteiger charge is -2.23. The Labute approximate surface area is 189 Å². The van der Waals surface area contributed by atoms with E-state index in [1.165, 1.54) is 19.3 Å². The van der Waals surface area contributed by atoms with E-state index in [1.54, 1.807) is 18.2 Å². The van der Waals surface area contributed by atoms with Gasteiger partial charge in [-0.25, -0.2) is 0 Å². The Morgan fingerprint density at radius 1 is 0.800 bits per heavy atom. The highest BCUT2D eigenvalue weighted by molar-refractivity contribution is 6.32. The van der Waals surface area contributed by atoms with Gasteiger partial charge in [-0.2, -0.15) is 0 Å². The van der Waals surface area contributed by atoms with E-state index in [9.17, 15) is 0 Å². The second-order valence-electron chi connectivity index (χ2n) is 8.05.